The highest BCUT2D eigenvalue weighted by Crippen LogP contribution is 2.18. The van der Waals surface area contributed by atoms with E-state index in [2.05, 4.69) is 9.97 Å². The summed E-state index contributed by atoms with van der Waals surface area (Å²) < 4.78 is 0. The minimum absolute atomic E-state index is 0.426. The predicted octanol–water partition coefficient (Wildman–Crippen LogP) is 0.193. The molecule has 2 heterocycles. The minimum atomic E-state index is -1.47. The lowest BCUT2D eigenvalue weighted by atomic mass is 9.79. The summed E-state index contributed by atoms with van der Waals surface area (Å²) in [6.07, 6.45) is 1.71. The Balaban J connectivity index is 2.42. The zero-order valence-electron chi connectivity index (χ0n) is 8.08. The summed E-state index contributed by atoms with van der Waals surface area (Å²) in [5.41, 5.74) is 1.79. The molecule has 2 aromatic rings. The Hall–Kier alpha value is -1.24. The molecule has 6 heteroatoms. The molecule has 0 aromatic carbocycles. The van der Waals surface area contributed by atoms with Gasteiger partial charge in [0.1, 0.15) is 5.01 Å². The van der Waals surface area contributed by atoms with Crippen LogP contribution in [0.5, 0.6) is 0 Å². The molecule has 0 aliphatic heterocycles. The fraction of sp³-hybridized carbons (Fsp3) is 0.111. The normalized spacial score (nSPS) is 10.3. The lowest BCUT2D eigenvalue weighted by molar-refractivity contribution is 0.425. The molecular weight excluding hydrogens is 211 g/mol. The second-order valence-electron chi connectivity index (χ2n) is 3.08. The molecule has 0 unspecified atom stereocenters. The molecule has 4 nitrogen and oxygen atoms in total. The molecule has 0 radical (unpaired) electrons. The Bertz CT molecular complexity index is 459. The highest BCUT2D eigenvalue weighted by atomic mass is 32.1. The molecule has 0 amide bonds. The Morgan fingerprint density at radius 3 is 2.67 bits per heavy atom. The maximum atomic E-state index is 9.03. The van der Waals surface area contributed by atoms with Crippen molar-refractivity contribution < 1.29 is 10.0 Å². The van der Waals surface area contributed by atoms with Crippen LogP contribution in [-0.4, -0.2) is 27.1 Å². The number of hydrogen-bond donors (Lipinski definition) is 2. The summed E-state index contributed by atoms with van der Waals surface area (Å²) in [6, 6.07) is 3.39. The third kappa shape index (κ3) is 2.06. The molecule has 0 saturated heterocycles. The van der Waals surface area contributed by atoms with E-state index in [-0.39, 0.29) is 0 Å². The molecule has 2 N–H and O–H groups in total. The summed E-state index contributed by atoms with van der Waals surface area (Å²) >= 11 is 1.50. The van der Waals surface area contributed by atoms with E-state index < -0.39 is 7.12 Å². The fourth-order valence-electron chi connectivity index (χ4n) is 1.31. The SMILES string of the molecule is Cc1nc(-c2nccs2)ccc1B(O)O. The zero-order valence-corrected chi connectivity index (χ0v) is 8.90. The van der Waals surface area contributed by atoms with E-state index in [0.29, 0.717) is 11.2 Å². The van der Waals surface area contributed by atoms with Gasteiger partial charge in [-0.25, -0.2) is 4.98 Å². The maximum absolute atomic E-state index is 9.03. The largest absolute Gasteiger partial charge is 0.490 e. The van der Waals surface area contributed by atoms with E-state index >= 15 is 0 Å². The number of rotatable bonds is 2. The Morgan fingerprint density at radius 1 is 1.33 bits per heavy atom. The topological polar surface area (TPSA) is 66.2 Å². The van der Waals surface area contributed by atoms with Gasteiger partial charge in [0.25, 0.3) is 0 Å². The number of nitrogens with zero attached hydrogens (tertiary/aromatic N) is 2. The molecule has 0 aliphatic rings. The van der Waals surface area contributed by atoms with Gasteiger partial charge in [-0.2, -0.15) is 0 Å². The standard InChI is InChI=1S/C9H9BN2O2S/c1-6-7(10(13)14)2-3-8(12-6)9-11-4-5-15-9/h2-5,13-14H,1H3. The molecule has 0 bridgehead atoms. The maximum Gasteiger partial charge on any atom is 0.490 e. The Morgan fingerprint density at radius 2 is 2.13 bits per heavy atom. The number of hydrogen-bond acceptors (Lipinski definition) is 5. The average molecular weight is 220 g/mol. The third-order valence-corrected chi connectivity index (χ3v) is 2.85. The molecule has 15 heavy (non-hydrogen) atoms. The summed E-state index contributed by atoms with van der Waals surface area (Å²) in [5, 5.41) is 20.8. The second kappa shape index (κ2) is 4.10. The molecule has 2 aromatic heterocycles. The first-order chi connectivity index (χ1) is 7.18. The van der Waals surface area contributed by atoms with Crippen molar-refractivity contribution in [1.82, 2.24) is 9.97 Å². The molecule has 0 saturated carbocycles. The van der Waals surface area contributed by atoms with Crippen molar-refractivity contribution in [1.29, 1.82) is 0 Å². The van der Waals surface area contributed by atoms with Crippen LogP contribution in [0.3, 0.4) is 0 Å². The molecular formula is C9H9BN2O2S. The van der Waals surface area contributed by atoms with E-state index in [1.165, 1.54) is 11.3 Å². The molecule has 76 valence electrons. The number of aromatic nitrogens is 2. The van der Waals surface area contributed by atoms with Gasteiger partial charge in [-0.05, 0) is 13.0 Å². The predicted molar refractivity (Wildman–Crippen MR) is 59.9 cm³/mol. The minimum Gasteiger partial charge on any atom is -0.423 e. The van der Waals surface area contributed by atoms with Crippen LogP contribution in [0.1, 0.15) is 5.69 Å². The highest BCUT2D eigenvalue weighted by Gasteiger charge is 2.15. The number of aryl methyl sites for hydroxylation is 1. The quantitative estimate of drug-likeness (QED) is 0.709. The van der Waals surface area contributed by atoms with Crippen LogP contribution >= 0.6 is 11.3 Å². The van der Waals surface area contributed by atoms with Crippen molar-refractivity contribution in [3.8, 4) is 10.7 Å². The van der Waals surface area contributed by atoms with Crippen LogP contribution in [0.2, 0.25) is 0 Å². The molecule has 0 fully saturated rings. The lowest BCUT2D eigenvalue weighted by Gasteiger charge is -2.04. The summed E-state index contributed by atoms with van der Waals surface area (Å²) in [6.45, 7) is 1.74. The van der Waals surface area contributed by atoms with Crippen LogP contribution in [0.15, 0.2) is 23.7 Å². The van der Waals surface area contributed by atoms with E-state index in [9.17, 15) is 0 Å². The summed E-state index contributed by atoms with van der Waals surface area (Å²) in [5.74, 6) is 0. The van der Waals surface area contributed by atoms with E-state index in [1.807, 2.05) is 5.38 Å². The van der Waals surface area contributed by atoms with Crippen molar-refractivity contribution >= 4 is 23.9 Å². The second-order valence-corrected chi connectivity index (χ2v) is 3.98. The first-order valence-electron chi connectivity index (χ1n) is 4.42. The van der Waals surface area contributed by atoms with Gasteiger partial charge in [0.2, 0.25) is 0 Å². The first kappa shape index (κ1) is 10.3. The zero-order chi connectivity index (χ0) is 10.8. The molecule has 0 spiro atoms. The Labute approximate surface area is 91.4 Å². The van der Waals surface area contributed by atoms with Gasteiger partial charge >= 0.3 is 7.12 Å². The van der Waals surface area contributed by atoms with Gasteiger partial charge in [0.15, 0.2) is 0 Å². The third-order valence-electron chi connectivity index (χ3n) is 2.06. The van der Waals surface area contributed by atoms with Crippen LogP contribution in [0.4, 0.5) is 0 Å². The van der Waals surface area contributed by atoms with Gasteiger partial charge in [-0.3, -0.25) is 4.98 Å². The van der Waals surface area contributed by atoms with Gasteiger partial charge in [0.05, 0.1) is 5.69 Å². The van der Waals surface area contributed by atoms with Gasteiger partial charge in [-0.1, -0.05) is 6.07 Å². The summed E-state index contributed by atoms with van der Waals surface area (Å²) in [7, 11) is -1.47. The Kier molecular flexibility index (Phi) is 2.81. The van der Waals surface area contributed by atoms with Crippen molar-refractivity contribution in [2.24, 2.45) is 0 Å². The first-order valence-corrected chi connectivity index (χ1v) is 5.30. The highest BCUT2D eigenvalue weighted by molar-refractivity contribution is 7.13. The van der Waals surface area contributed by atoms with Crippen LogP contribution < -0.4 is 5.46 Å². The van der Waals surface area contributed by atoms with E-state index in [4.69, 9.17) is 10.0 Å². The van der Waals surface area contributed by atoms with Crippen LogP contribution in [-0.2, 0) is 0 Å². The molecule has 0 atom stereocenters. The summed E-state index contributed by atoms with van der Waals surface area (Å²) in [4.78, 5) is 8.40. The lowest BCUT2D eigenvalue weighted by Crippen LogP contribution is -2.32. The van der Waals surface area contributed by atoms with Crippen LogP contribution in [0, 0.1) is 6.92 Å². The van der Waals surface area contributed by atoms with Crippen LogP contribution in [0.25, 0.3) is 10.7 Å². The molecule has 0 aliphatic carbocycles. The van der Waals surface area contributed by atoms with Gasteiger partial charge in [0, 0.05) is 22.7 Å². The molecule has 2 rings (SSSR count). The van der Waals surface area contributed by atoms with Gasteiger partial charge in [-0.15, -0.1) is 11.3 Å². The van der Waals surface area contributed by atoms with Crippen molar-refractivity contribution in [2.75, 3.05) is 0 Å². The number of pyridine rings is 1. The monoisotopic (exact) mass is 220 g/mol. The van der Waals surface area contributed by atoms with E-state index in [1.54, 1.807) is 25.3 Å². The van der Waals surface area contributed by atoms with Crippen molar-refractivity contribution in [3.05, 3.63) is 29.4 Å². The van der Waals surface area contributed by atoms with Crippen molar-refractivity contribution in [3.63, 3.8) is 0 Å². The average Bonchev–Trinajstić information content (AvgIpc) is 2.69. The number of thiazole rings is 1. The van der Waals surface area contributed by atoms with E-state index in [0.717, 1.165) is 10.7 Å². The fourth-order valence-corrected chi connectivity index (χ4v) is 1.92. The van der Waals surface area contributed by atoms with Crippen molar-refractivity contribution in [2.45, 2.75) is 6.92 Å². The smallest absolute Gasteiger partial charge is 0.423 e. The van der Waals surface area contributed by atoms with Gasteiger partial charge < -0.3 is 10.0 Å².